The number of carboxylic acid groups (broad SMARTS) is 1. The summed E-state index contributed by atoms with van der Waals surface area (Å²) in [6, 6.07) is 13.1. The Hall–Kier alpha value is -3.64. The van der Waals surface area contributed by atoms with E-state index in [9.17, 15) is 4.79 Å². The molecule has 1 amide bonds. The number of amides is 1. The van der Waals surface area contributed by atoms with Gasteiger partial charge in [-0.3, -0.25) is 5.32 Å². The largest absolute Gasteiger partial charge is 0.479 e. The maximum Gasteiger partial charge on any atom is 0.409 e. The molecule has 4 N–H and O–H groups in total. The third-order valence-electron chi connectivity index (χ3n) is 3.07. The Morgan fingerprint density at radius 3 is 2.30 bits per heavy atom. The van der Waals surface area contributed by atoms with E-state index in [1.807, 2.05) is 0 Å². The maximum absolute atomic E-state index is 10.5. The molecule has 0 aliphatic heterocycles. The van der Waals surface area contributed by atoms with Gasteiger partial charge in [0.2, 0.25) is 0 Å². The number of nitriles is 1. The average molecular weight is 307 g/mol. The summed E-state index contributed by atoms with van der Waals surface area (Å²) in [5.41, 5.74) is 9.06. The molecule has 2 aliphatic rings. The van der Waals surface area contributed by atoms with Crippen molar-refractivity contribution >= 4 is 17.5 Å². The Labute approximate surface area is 133 Å². The van der Waals surface area contributed by atoms with Crippen molar-refractivity contribution in [3.8, 4) is 35.3 Å². The molecular formula is C17H13N3O3. The molecule has 1 aromatic carbocycles. The molecular weight excluding hydrogens is 294 g/mol. The number of hydrogen-bond donors (Lipinski definition) is 3. The first-order chi connectivity index (χ1) is 11.0. The molecule has 0 saturated heterocycles. The van der Waals surface area contributed by atoms with Crippen LogP contribution >= 0.6 is 0 Å². The van der Waals surface area contributed by atoms with Crippen LogP contribution in [0.25, 0.3) is 11.1 Å². The number of nitrogens with two attached hydrogens (primary N) is 1. The topological polar surface area (TPSA) is 108 Å². The quantitative estimate of drug-likeness (QED) is 0.509. The van der Waals surface area contributed by atoms with Crippen LogP contribution in [0.2, 0.25) is 0 Å². The van der Waals surface area contributed by atoms with E-state index in [1.54, 1.807) is 6.07 Å². The van der Waals surface area contributed by atoms with Gasteiger partial charge in [-0.2, -0.15) is 5.26 Å². The number of ether oxygens (including phenoxy) is 1. The zero-order valence-electron chi connectivity index (χ0n) is 12.0. The molecule has 0 atom stereocenters. The Bertz CT molecular complexity index is 794. The van der Waals surface area contributed by atoms with E-state index in [0.29, 0.717) is 5.56 Å². The average Bonchev–Trinajstić information content (AvgIpc) is 2.51. The zero-order chi connectivity index (χ0) is 16.8. The fourth-order valence-corrected chi connectivity index (χ4v) is 1.83. The van der Waals surface area contributed by atoms with Gasteiger partial charge in [-0.05, 0) is 17.2 Å². The van der Waals surface area contributed by atoms with Crippen LogP contribution in [0.15, 0.2) is 36.4 Å². The minimum Gasteiger partial charge on any atom is -0.479 e. The third-order valence-corrected chi connectivity index (χ3v) is 3.07. The van der Waals surface area contributed by atoms with Gasteiger partial charge in [0.05, 0.1) is 16.9 Å². The Morgan fingerprint density at radius 2 is 1.91 bits per heavy atom. The monoisotopic (exact) mass is 307 g/mol. The molecule has 2 aliphatic carbocycles. The van der Waals surface area contributed by atoms with Crippen molar-refractivity contribution in [3.63, 3.8) is 0 Å². The number of fused-ring (bicyclic) bond motifs is 1. The fraction of sp³-hybridized carbons (Fsp3) is 0.0588. The minimum absolute atomic E-state index is 0.126. The van der Waals surface area contributed by atoms with Crippen LogP contribution in [0.4, 0.5) is 16.2 Å². The lowest BCUT2D eigenvalue weighted by atomic mass is 9.95. The highest BCUT2D eigenvalue weighted by atomic mass is 16.5. The number of carbonyl (C=O) groups is 1. The van der Waals surface area contributed by atoms with Crippen LogP contribution in [-0.4, -0.2) is 17.8 Å². The summed E-state index contributed by atoms with van der Waals surface area (Å²) in [4.78, 5) is 10.5. The number of terminal acetylenes is 1. The van der Waals surface area contributed by atoms with Gasteiger partial charge in [-0.1, -0.05) is 30.2 Å². The second-order valence-corrected chi connectivity index (χ2v) is 4.53. The van der Waals surface area contributed by atoms with Crippen LogP contribution in [0.1, 0.15) is 5.56 Å². The molecule has 0 fully saturated rings. The summed E-state index contributed by atoms with van der Waals surface area (Å²) in [7, 11) is 0. The number of benzene rings is 2. The second kappa shape index (κ2) is 6.88. The van der Waals surface area contributed by atoms with Crippen LogP contribution in [-0.2, 0) is 0 Å². The molecule has 6 nitrogen and oxygen atoms in total. The highest BCUT2D eigenvalue weighted by Gasteiger charge is 2.10. The van der Waals surface area contributed by atoms with Gasteiger partial charge in [0.15, 0.2) is 6.61 Å². The molecule has 0 heterocycles. The molecule has 0 saturated carbocycles. The Balaban J connectivity index is 0.000000260. The van der Waals surface area contributed by atoms with Crippen molar-refractivity contribution in [1.29, 1.82) is 5.26 Å². The lowest BCUT2D eigenvalue weighted by molar-refractivity contribution is 0.210. The van der Waals surface area contributed by atoms with Crippen LogP contribution < -0.4 is 15.8 Å². The van der Waals surface area contributed by atoms with E-state index < -0.39 is 6.09 Å². The van der Waals surface area contributed by atoms with E-state index in [0.717, 1.165) is 0 Å². The molecule has 0 unspecified atom stereocenters. The van der Waals surface area contributed by atoms with Gasteiger partial charge >= 0.3 is 6.09 Å². The molecule has 1 aromatic rings. The van der Waals surface area contributed by atoms with E-state index in [4.69, 9.17) is 27.3 Å². The summed E-state index contributed by atoms with van der Waals surface area (Å²) in [6.45, 7) is -0.166. The summed E-state index contributed by atoms with van der Waals surface area (Å²) in [5, 5.41) is 19.1. The van der Waals surface area contributed by atoms with Gasteiger partial charge in [0, 0.05) is 6.07 Å². The van der Waals surface area contributed by atoms with Gasteiger partial charge in [-0.15, -0.1) is 6.42 Å². The summed E-state index contributed by atoms with van der Waals surface area (Å²) in [6.07, 6.45) is 3.96. The van der Waals surface area contributed by atoms with E-state index in [1.165, 1.54) is 23.3 Å². The van der Waals surface area contributed by atoms with Crippen molar-refractivity contribution < 1.29 is 14.6 Å². The number of nitrogen functional groups attached to an aromatic ring is 1. The SMILES string of the molecule is C#Cc1cc(OCC#N)cc(NC(=O)O)c1N.c1cc2ccc1-2. The number of rotatable bonds is 3. The molecule has 3 rings (SSSR count). The summed E-state index contributed by atoms with van der Waals surface area (Å²) in [5.74, 6) is 2.58. The normalized spacial score (nSPS) is 9.48. The lowest BCUT2D eigenvalue weighted by Crippen LogP contribution is -2.10. The van der Waals surface area contributed by atoms with Gasteiger partial charge in [-0.25, -0.2) is 4.79 Å². The van der Waals surface area contributed by atoms with Gasteiger partial charge in [0.25, 0.3) is 0 Å². The number of nitrogens with one attached hydrogen (secondary N) is 1. The second-order valence-electron chi connectivity index (χ2n) is 4.53. The van der Waals surface area contributed by atoms with Crippen LogP contribution in [0, 0.1) is 23.7 Å². The first-order valence-corrected chi connectivity index (χ1v) is 6.55. The zero-order valence-corrected chi connectivity index (χ0v) is 12.0. The van der Waals surface area contributed by atoms with Crippen molar-refractivity contribution in [2.75, 3.05) is 17.7 Å². The van der Waals surface area contributed by atoms with Crippen molar-refractivity contribution in [3.05, 3.63) is 42.0 Å². The van der Waals surface area contributed by atoms with Crippen LogP contribution in [0.5, 0.6) is 5.75 Å². The van der Waals surface area contributed by atoms with E-state index >= 15 is 0 Å². The highest BCUT2D eigenvalue weighted by molar-refractivity contribution is 5.90. The standard InChI is InChI=1S/C11H9N3O3.C6H4/c1-2-7-5-8(17-4-3-12)6-9(10(7)13)14-11(15)16;1-2-6-4-3-5(1)6/h1,5-6,14H,4,13H2,(H,15,16);1-4H. The molecule has 114 valence electrons. The third kappa shape index (κ3) is 3.72. The van der Waals surface area contributed by atoms with Crippen molar-refractivity contribution in [2.45, 2.75) is 0 Å². The number of hydrogen-bond acceptors (Lipinski definition) is 4. The molecule has 23 heavy (non-hydrogen) atoms. The molecule has 0 bridgehead atoms. The smallest absolute Gasteiger partial charge is 0.409 e. The van der Waals surface area contributed by atoms with Gasteiger partial charge < -0.3 is 15.6 Å². The molecule has 0 radical (unpaired) electrons. The first-order valence-electron chi connectivity index (χ1n) is 6.55. The van der Waals surface area contributed by atoms with Crippen molar-refractivity contribution in [1.82, 2.24) is 0 Å². The van der Waals surface area contributed by atoms with Crippen molar-refractivity contribution in [2.24, 2.45) is 0 Å². The predicted molar refractivity (Wildman–Crippen MR) is 87.0 cm³/mol. The molecule has 0 spiro atoms. The fourth-order valence-electron chi connectivity index (χ4n) is 1.83. The number of nitrogens with zero attached hydrogens (tertiary/aromatic N) is 1. The Kier molecular flexibility index (Phi) is 4.71. The summed E-state index contributed by atoms with van der Waals surface area (Å²) < 4.78 is 5.03. The summed E-state index contributed by atoms with van der Waals surface area (Å²) >= 11 is 0. The lowest BCUT2D eigenvalue weighted by Gasteiger charge is -2.10. The van der Waals surface area contributed by atoms with Gasteiger partial charge in [0.1, 0.15) is 11.8 Å². The first kappa shape index (κ1) is 15.7. The maximum atomic E-state index is 10.5. The molecule has 0 aromatic heterocycles. The van der Waals surface area contributed by atoms with E-state index in [-0.39, 0.29) is 23.7 Å². The Morgan fingerprint density at radius 1 is 1.30 bits per heavy atom. The predicted octanol–water partition coefficient (Wildman–Crippen LogP) is 2.91. The molecule has 6 heteroatoms. The highest BCUT2D eigenvalue weighted by Crippen LogP contribution is 2.29. The minimum atomic E-state index is -1.27. The number of anilines is 2. The van der Waals surface area contributed by atoms with E-state index in [2.05, 4.69) is 35.5 Å². The van der Waals surface area contributed by atoms with Crippen LogP contribution in [0.3, 0.4) is 0 Å².